The van der Waals surface area contributed by atoms with Gasteiger partial charge in [-0.1, -0.05) is 0 Å². The van der Waals surface area contributed by atoms with Crippen LogP contribution in [0.5, 0.6) is 0 Å². The van der Waals surface area contributed by atoms with E-state index >= 15 is 0 Å². The standard InChI is InChI=1S/C13H18N2O3/c1-4-15(9-12(16)14(2)3)11-7-5-10(6-8-11)13(17)18/h5-8H,4,9H2,1-3H3,(H,17,18). The third-order valence-corrected chi connectivity index (χ3v) is 2.69. The number of carbonyl (C=O) groups excluding carboxylic acids is 1. The minimum atomic E-state index is -0.950. The zero-order valence-corrected chi connectivity index (χ0v) is 10.9. The average Bonchev–Trinajstić information content (AvgIpc) is 2.35. The molecule has 0 aliphatic rings. The van der Waals surface area contributed by atoms with Gasteiger partial charge in [0.15, 0.2) is 0 Å². The molecule has 0 aliphatic heterocycles. The number of hydrogen-bond acceptors (Lipinski definition) is 3. The summed E-state index contributed by atoms with van der Waals surface area (Å²) in [5.74, 6) is -0.937. The highest BCUT2D eigenvalue weighted by molar-refractivity contribution is 5.88. The maximum Gasteiger partial charge on any atom is 0.335 e. The van der Waals surface area contributed by atoms with Crippen molar-refractivity contribution in [2.24, 2.45) is 0 Å². The fourth-order valence-corrected chi connectivity index (χ4v) is 1.51. The molecule has 0 aromatic heterocycles. The Labute approximate surface area is 107 Å². The quantitative estimate of drug-likeness (QED) is 0.855. The van der Waals surface area contributed by atoms with Gasteiger partial charge in [0.05, 0.1) is 12.1 Å². The van der Waals surface area contributed by atoms with Gasteiger partial charge in [-0.05, 0) is 31.2 Å². The normalized spacial score (nSPS) is 9.94. The van der Waals surface area contributed by atoms with Crippen LogP contribution in [0.2, 0.25) is 0 Å². The second kappa shape index (κ2) is 6.05. The largest absolute Gasteiger partial charge is 0.478 e. The molecule has 0 atom stereocenters. The van der Waals surface area contributed by atoms with E-state index in [1.165, 1.54) is 4.90 Å². The highest BCUT2D eigenvalue weighted by Gasteiger charge is 2.12. The van der Waals surface area contributed by atoms with Crippen LogP contribution < -0.4 is 4.90 Å². The van der Waals surface area contributed by atoms with Crippen molar-refractivity contribution in [3.05, 3.63) is 29.8 Å². The molecule has 1 amide bonds. The molecule has 1 N–H and O–H groups in total. The molecule has 0 fully saturated rings. The molecule has 0 spiro atoms. The number of anilines is 1. The van der Waals surface area contributed by atoms with Crippen LogP contribution in [-0.4, -0.2) is 49.1 Å². The van der Waals surface area contributed by atoms with Crippen LogP contribution in [-0.2, 0) is 4.79 Å². The Morgan fingerprint density at radius 3 is 2.11 bits per heavy atom. The number of carbonyl (C=O) groups is 2. The van der Waals surface area contributed by atoms with E-state index in [2.05, 4.69) is 0 Å². The van der Waals surface area contributed by atoms with Crippen LogP contribution in [0.4, 0.5) is 5.69 Å². The highest BCUT2D eigenvalue weighted by atomic mass is 16.4. The van der Waals surface area contributed by atoms with Crippen LogP contribution in [0.1, 0.15) is 17.3 Å². The Hall–Kier alpha value is -2.04. The Balaban J connectivity index is 2.82. The third-order valence-electron chi connectivity index (χ3n) is 2.69. The first-order valence-electron chi connectivity index (χ1n) is 5.74. The fourth-order valence-electron chi connectivity index (χ4n) is 1.51. The van der Waals surface area contributed by atoms with E-state index in [1.54, 1.807) is 38.4 Å². The summed E-state index contributed by atoms with van der Waals surface area (Å²) < 4.78 is 0. The van der Waals surface area contributed by atoms with Gasteiger partial charge < -0.3 is 14.9 Å². The zero-order valence-electron chi connectivity index (χ0n) is 10.9. The zero-order chi connectivity index (χ0) is 13.7. The van der Waals surface area contributed by atoms with Gasteiger partial charge in [-0.3, -0.25) is 4.79 Å². The first-order valence-corrected chi connectivity index (χ1v) is 5.74. The first kappa shape index (κ1) is 14.0. The molecule has 5 heteroatoms. The van der Waals surface area contributed by atoms with Crippen LogP contribution in [0, 0.1) is 0 Å². The SMILES string of the molecule is CCN(CC(=O)N(C)C)c1ccc(C(=O)O)cc1. The summed E-state index contributed by atoms with van der Waals surface area (Å²) in [4.78, 5) is 25.8. The van der Waals surface area contributed by atoms with E-state index in [1.807, 2.05) is 11.8 Å². The van der Waals surface area contributed by atoms with Gasteiger partial charge in [0.2, 0.25) is 5.91 Å². The summed E-state index contributed by atoms with van der Waals surface area (Å²) in [6.07, 6.45) is 0. The Morgan fingerprint density at radius 1 is 1.17 bits per heavy atom. The average molecular weight is 250 g/mol. The number of rotatable bonds is 5. The lowest BCUT2D eigenvalue weighted by Gasteiger charge is -2.24. The van der Waals surface area contributed by atoms with Crippen LogP contribution >= 0.6 is 0 Å². The van der Waals surface area contributed by atoms with Crippen molar-refractivity contribution in [2.75, 3.05) is 32.1 Å². The van der Waals surface area contributed by atoms with E-state index < -0.39 is 5.97 Å². The third kappa shape index (κ3) is 3.48. The summed E-state index contributed by atoms with van der Waals surface area (Å²) in [5, 5.41) is 8.82. The molecule has 0 aliphatic carbocycles. The van der Waals surface area contributed by atoms with Crippen LogP contribution in [0.3, 0.4) is 0 Å². The second-order valence-electron chi connectivity index (χ2n) is 4.15. The monoisotopic (exact) mass is 250 g/mol. The number of hydrogen-bond donors (Lipinski definition) is 1. The number of carboxylic acids is 1. The molecule has 1 aromatic carbocycles. The number of carboxylic acid groups (broad SMARTS) is 1. The van der Waals surface area contributed by atoms with E-state index in [9.17, 15) is 9.59 Å². The Bertz CT molecular complexity index is 426. The summed E-state index contributed by atoms with van der Waals surface area (Å²) in [6, 6.07) is 6.52. The van der Waals surface area contributed by atoms with E-state index in [0.717, 1.165) is 5.69 Å². The van der Waals surface area contributed by atoms with E-state index in [-0.39, 0.29) is 18.0 Å². The lowest BCUT2D eigenvalue weighted by atomic mass is 10.2. The lowest BCUT2D eigenvalue weighted by molar-refractivity contribution is -0.127. The molecule has 98 valence electrons. The number of nitrogens with zero attached hydrogens (tertiary/aromatic N) is 2. The topological polar surface area (TPSA) is 60.9 Å². The molecule has 1 aromatic rings. The smallest absolute Gasteiger partial charge is 0.335 e. The molecule has 18 heavy (non-hydrogen) atoms. The summed E-state index contributed by atoms with van der Waals surface area (Å²) >= 11 is 0. The fraction of sp³-hybridized carbons (Fsp3) is 0.385. The van der Waals surface area contributed by atoms with E-state index in [4.69, 9.17) is 5.11 Å². The Kier molecular flexibility index (Phi) is 4.71. The predicted octanol–water partition coefficient (Wildman–Crippen LogP) is 1.30. The molecule has 0 bridgehead atoms. The van der Waals surface area contributed by atoms with Gasteiger partial charge in [-0.25, -0.2) is 4.79 Å². The molecule has 0 unspecified atom stereocenters. The first-order chi connectivity index (χ1) is 8.45. The lowest BCUT2D eigenvalue weighted by Crippen LogP contribution is -2.36. The van der Waals surface area contributed by atoms with Gasteiger partial charge in [-0.2, -0.15) is 0 Å². The maximum absolute atomic E-state index is 11.7. The number of benzene rings is 1. The molecule has 5 nitrogen and oxygen atoms in total. The molecule has 0 saturated carbocycles. The van der Waals surface area contributed by atoms with Crippen molar-refractivity contribution >= 4 is 17.6 Å². The summed E-state index contributed by atoms with van der Waals surface area (Å²) in [5.41, 5.74) is 1.09. The highest BCUT2D eigenvalue weighted by Crippen LogP contribution is 2.15. The van der Waals surface area contributed by atoms with Crippen molar-refractivity contribution in [1.82, 2.24) is 4.90 Å². The van der Waals surface area contributed by atoms with Crippen molar-refractivity contribution in [1.29, 1.82) is 0 Å². The van der Waals surface area contributed by atoms with Gasteiger partial charge in [0.1, 0.15) is 0 Å². The van der Waals surface area contributed by atoms with Crippen molar-refractivity contribution in [3.8, 4) is 0 Å². The predicted molar refractivity (Wildman–Crippen MR) is 70.0 cm³/mol. The minimum Gasteiger partial charge on any atom is -0.478 e. The maximum atomic E-state index is 11.7. The number of aromatic carboxylic acids is 1. The number of likely N-dealkylation sites (N-methyl/N-ethyl adjacent to an activating group) is 2. The van der Waals surface area contributed by atoms with Crippen LogP contribution in [0.25, 0.3) is 0 Å². The molecular weight excluding hydrogens is 232 g/mol. The van der Waals surface area contributed by atoms with Crippen molar-refractivity contribution in [3.63, 3.8) is 0 Å². The van der Waals surface area contributed by atoms with Crippen molar-refractivity contribution in [2.45, 2.75) is 6.92 Å². The van der Waals surface area contributed by atoms with E-state index in [0.29, 0.717) is 6.54 Å². The van der Waals surface area contributed by atoms with Gasteiger partial charge in [-0.15, -0.1) is 0 Å². The van der Waals surface area contributed by atoms with Crippen molar-refractivity contribution < 1.29 is 14.7 Å². The summed E-state index contributed by atoms with van der Waals surface area (Å²) in [7, 11) is 3.42. The molecule has 0 saturated heterocycles. The van der Waals surface area contributed by atoms with Gasteiger partial charge >= 0.3 is 5.97 Å². The molecular formula is C13H18N2O3. The number of amides is 1. The molecule has 0 radical (unpaired) electrons. The van der Waals surface area contributed by atoms with Gasteiger partial charge in [0.25, 0.3) is 0 Å². The van der Waals surface area contributed by atoms with Crippen LogP contribution in [0.15, 0.2) is 24.3 Å². The minimum absolute atomic E-state index is 0.0131. The second-order valence-corrected chi connectivity index (χ2v) is 4.15. The molecule has 0 heterocycles. The van der Waals surface area contributed by atoms with Gasteiger partial charge in [0, 0.05) is 26.3 Å². The summed E-state index contributed by atoms with van der Waals surface area (Å²) in [6.45, 7) is 2.93. The Morgan fingerprint density at radius 2 is 1.72 bits per heavy atom. The molecule has 1 rings (SSSR count).